The number of ether oxygens (including phenoxy) is 1. The summed E-state index contributed by atoms with van der Waals surface area (Å²) in [5.74, 6) is 0. The number of nitrogens with zero attached hydrogens (tertiary/aromatic N) is 1. The molecule has 0 aromatic rings. The Morgan fingerprint density at radius 1 is 0.933 bits per heavy atom. The van der Waals surface area contributed by atoms with Crippen LogP contribution in [0.1, 0.15) is 0 Å². The van der Waals surface area contributed by atoms with Crippen LogP contribution >= 0.6 is 16.8 Å². The second kappa shape index (κ2) is 10.5. The topological polar surface area (TPSA) is 105 Å². The van der Waals surface area contributed by atoms with Crippen molar-refractivity contribution in [2.75, 3.05) is 26.3 Å². The number of hydrogen-bond acceptors (Lipinski definition) is 6. The summed E-state index contributed by atoms with van der Waals surface area (Å²) in [6, 6.07) is 0. The second-order valence-corrected chi connectivity index (χ2v) is 5.64. The molecule has 0 aromatic heterocycles. The van der Waals surface area contributed by atoms with E-state index in [1.54, 1.807) is 0 Å². The Morgan fingerprint density at radius 3 is 1.67 bits per heavy atom. The van der Waals surface area contributed by atoms with Crippen molar-refractivity contribution >= 4 is 16.8 Å². The standard InChI is InChI=1S/C5H11NO5P2.2Na/c7-12(8)5(13(9)10)6-1-3-11-4-2-6;;/h5,12-13H,1-4H2;;/q-2;2*+1. The van der Waals surface area contributed by atoms with Crippen molar-refractivity contribution in [3.8, 4) is 0 Å². The van der Waals surface area contributed by atoms with Gasteiger partial charge in [0.1, 0.15) is 0 Å². The molecule has 1 fully saturated rings. The smallest absolute Gasteiger partial charge is 0.681 e. The quantitative estimate of drug-likeness (QED) is 0.373. The Bertz CT molecular complexity index is 152. The van der Waals surface area contributed by atoms with Crippen molar-refractivity contribution in [2.24, 2.45) is 0 Å². The van der Waals surface area contributed by atoms with Gasteiger partial charge in [0.25, 0.3) is 0 Å². The Morgan fingerprint density at radius 2 is 1.33 bits per heavy atom. The van der Waals surface area contributed by atoms with Crippen LogP contribution in [0.25, 0.3) is 0 Å². The average molecular weight is 273 g/mol. The molecule has 0 amide bonds. The van der Waals surface area contributed by atoms with Crippen LogP contribution in [0.2, 0.25) is 0 Å². The molecule has 1 heterocycles. The Kier molecular flexibility index (Phi) is 14.0. The van der Waals surface area contributed by atoms with Crippen LogP contribution in [0.3, 0.4) is 0 Å². The van der Waals surface area contributed by atoms with E-state index in [1.165, 1.54) is 4.90 Å². The fourth-order valence-corrected chi connectivity index (χ4v) is 3.11. The summed E-state index contributed by atoms with van der Waals surface area (Å²) in [5, 5.41) is 0. The van der Waals surface area contributed by atoms with E-state index in [0.29, 0.717) is 26.3 Å². The van der Waals surface area contributed by atoms with E-state index in [0.717, 1.165) is 0 Å². The minimum Gasteiger partial charge on any atom is -0.681 e. The molecule has 0 N–H and O–H groups in total. The SMILES string of the molecule is [Na+].[Na+].[O-][PH+]([O-])C(N1CCOCC1)[PH+]([O-])[O-]. The van der Waals surface area contributed by atoms with Gasteiger partial charge >= 0.3 is 59.1 Å². The van der Waals surface area contributed by atoms with E-state index in [2.05, 4.69) is 0 Å². The van der Waals surface area contributed by atoms with E-state index < -0.39 is 22.3 Å². The van der Waals surface area contributed by atoms with E-state index in [4.69, 9.17) is 4.74 Å². The number of hydrogen-bond donors (Lipinski definition) is 0. The predicted octanol–water partition coefficient (Wildman–Crippen LogP) is -9.86. The van der Waals surface area contributed by atoms with E-state index in [1.807, 2.05) is 0 Å². The van der Waals surface area contributed by atoms with Gasteiger partial charge in [0, 0.05) is 13.1 Å². The maximum absolute atomic E-state index is 10.7. The van der Waals surface area contributed by atoms with Crippen molar-refractivity contribution in [3.63, 3.8) is 0 Å². The molecule has 1 rings (SSSR count). The molecule has 15 heavy (non-hydrogen) atoms. The Labute approximate surface area is 135 Å². The maximum Gasteiger partial charge on any atom is 1.00 e. The van der Waals surface area contributed by atoms with Crippen LogP contribution < -0.4 is 78.7 Å². The van der Waals surface area contributed by atoms with Crippen LogP contribution in [0.15, 0.2) is 0 Å². The third kappa shape index (κ3) is 6.94. The molecule has 6 nitrogen and oxygen atoms in total. The predicted molar refractivity (Wildman–Crippen MR) is 42.8 cm³/mol. The zero-order chi connectivity index (χ0) is 9.84. The third-order valence-corrected chi connectivity index (χ3v) is 4.89. The minimum atomic E-state index is -3.28. The van der Waals surface area contributed by atoms with Crippen LogP contribution in [0.4, 0.5) is 0 Å². The monoisotopic (exact) mass is 273 g/mol. The van der Waals surface area contributed by atoms with Crippen molar-refractivity contribution in [1.82, 2.24) is 4.90 Å². The minimum absolute atomic E-state index is 0. The van der Waals surface area contributed by atoms with Gasteiger partial charge in [-0.1, -0.05) is 16.8 Å². The van der Waals surface area contributed by atoms with Crippen molar-refractivity contribution in [2.45, 2.75) is 5.52 Å². The summed E-state index contributed by atoms with van der Waals surface area (Å²) in [4.78, 5) is 44.1. The molecule has 1 aliphatic heterocycles. The molecule has 0 bridgehead atoms. The molecule has 78 valence electrons. The Balaban J connectivity index is 0. The molecule has 1 saturated heterocycles. The summed E-state index contributed by atoms with van der Waals surface area (Å²) >= 11 is 0. The molecule has 10 heteroatoms. The normalized spacial score (nSPS) is 17.8. The fraction of sp³-hybridized carbons (Fsp3) is 1.00. The summed E-state index contributed by atoms with van der Waals surface area (Å²) < 4.78 is 4.98. The van der Waals surface area contributed by atoms with Gasteiger partial charge in [0.2, 0.25) is 0 Å². The molecule has 0 aromatic carbocycles. The van der Waals surface area contributed by atoms with Crippen LogP contribution in [0, 0.1) is 0 Å². The molecule has 1 aliphatic rings. The van der Waals surface area contributed by atoms with Crippen LogP contribution in [0.5, 0.6) is 0 Å². The first kappa shape index (κ1) is 19.9. The average Bonchev–Trinajstić information content (AvgIpc) is 2.04. The zero-order valence-corrected chi connectivity index (χ0v) is 14.9. The first-order chi connectivity index (χ1) is 6.13. The fourth-order valence-electron chi connectivity index (χ4n) is 1.23. The van der Waals surface area contributed by atoms with E-state index in [9.17, 15) is 19.6 Å². The molecule has 0 atom stereocenters. The molecular weight excluding hydrogens is 262 g/mol. The summed E-state index contributed by atoms with van der Waals surface area (Å²) in [6.45, 7) is 1.51. The Hall–Kier alpha value is 2.62. The van der Waals surface area contributed by atoms with E-state index in [-0.39, 0.29) is 59.1 Å². The van der Waals surface area contributed by atoms with Gasteiger partial charge in [0.05, 0.1) is 13.2 Å². The molecule has 0 unspecified atom stereocenters. The molecule has 0 radical (unpaired) electrons. The summed E-state index contributed by atoms with van der Waals surface area (Å²) in [5.41, 5.74) is -1.29. The van der Waals surface area contributed by atoms with E-state index >= 15 is 0 Å². The first-order valence-corrected chi connectivity index (χ1v) is 6.65. The summed E-state index contributed by atoms with van der Waals surface area (Å²) in [6.07, 6.45) is 0. The zero-order valence-electron chi connectivity index (χ0n) is 8.89. The van der Waals surface area contributed by atoms with Crippen molar-refractivity contribution in [1.29, 1.82) is 0 Å². The van der Waals surface area contributed by atoms with Gasteiger partial charge in [-0.25, -0.2) is 4.90 Å². The second-order valence-electron chi connectivity index (χ2n) is 2.69. The molecule has 0 spiro atoms. The van der Waals surface area contributed by atoms with Gasteiger partial charge in [-0.15, -0.1) is 0 Å². The molecule has 0 saturated carbocycles. The largest absolute Gasteiger partial charge is 1.00 e. The molecular formula is C5H11NNa2O5P2. The van der Waals surface area contributed by atoms with Gasteiger partial charge in [-0.2, -0.15) is 0 Å². The summed E-state index contributed by atoms with van der Waals surface area (Å²) in [7, 11) is -6.56. The maximum atomic E-state index is 10.7. The third-order valence-electron chi connectivity index (χ3n) is 1.86. The molecule has 0 aliphatic carbocycles. The van der Waals surface area contributed by atoms with Gasteiger partial charge < -0.3 is 24.3 Å². The first-order valence-electron chi connectivity index (χ1n) is 3.86. The van der Waals surface area contributed by atoms with Crippen LogP contribution in [-0.2, 0) is 4.74 Å². The van der Waals surface area contributed by atoms with Gasteiger partial charge in [-0.3, -0.25) is 0 Å². The van der Waals surface area contributed by atoms with Crippen LogP contribution in [-0.4, -0.2) is 36.7 Å². The van der Waals surface area contributed by atoms with Crippen molar-refractivity contribution in [3.05, 3.63) is 0 Å². The number of morpholine rings is 1. The van der Waals surface area contributed by atoms with Gasteiger partial charge in [0.15, 0.2) is 5.52 Å². The van der Waals surface area contributed by atoms with Crippen molar-refractivity contribution < 1.29 is 83.4 Å². The number of rotatable bonds is 3. The van der Waals surface area contributed by atoms with Gasteiger partial charge in [-0.05, 0) is 0 Å².